The van der Waals surface area contributed by atoms with Crippen molar-refractivity contribution in [1.29, 1.82) is 0 Å². The summed E-state index contributed by atoms with van der Waals surface area (Å²) in [5, 5.41) is 42.9. The minimum atomic E-state index is 0.711. The molecule has 186 valence electrons. The summed E-state index contributed by atoms with van der Waals surface area (Å²) in [6.45, 7) is 7.65. The van der Waals surface area contributed by atoms with Gasteiger partial charge in [0.1, 0.15) is 5.82 Å². The highest BCUT2D eigenvalue weighted by Crippen LogP contribution is 1.78. The number of aryl methyl sites for hydroxylation is 7. The molecule has 0 spiro atoms. The van der Waals surface area contributed by atoms with Crippen LogP contribution in [0.5, 0.6) is 0 Å². The SMILES string of the molecule is CC.Cc1nnn(C)n1.Cc1nnnn1C.Cn1ccnn1.Cn1ccnn1.Cn1ccnn1. The molecule has 0 saturated carbocycles. The molecule has 17 heteroatoms. The standard InChI is InChI=1S/2C3H6N4.3C3H5N3.C2H6/c1-3-4-5-6-7(3)2;1-3-4-6-7(2)5-3;3*1-6-3-2-4-5-6;1-2/h2*1-2H3;3*2-3H,1H3;1-2H3. The van der Waals surface area contributed by atoms with Crippen LogP contribution in [0.4, 0.5) is 0 Å². The van der Waals surface area contributed by atoms with E-state index in [0.29, 0.717) is 5.82 Å². The second kappa shape index (κ2) is 18.2. The normalized spacial score (nSPS) is 8.74. The Morgan fingerprint density at radius 1 is 0.588 bits per heavy atom. The van der Waals surface area contributed by atoms with E-state index in [2.05, 4.69) is 61.9 Å². The Morgan fingerprint density at radius 3 is 1.12 bits per heavy atom. The molecule has 5 aromatic rings. The Kier molecular flexibility index (Phi) is 15.8. The molecule has 0 aliphatic rings. The second-order valence-electron chi connectivity index (χ2n) is 5.91. The maximum absolute atomic E-state index is 3.81. The molecule has 0 aliphatic heterocycles. The molecule has 0 aliphatic carbocycles. The molecule has 0 radical (unpaired) electrons. The molecule has 0 bridgehead atoms. The van der Waals surface area contributed by atoms with Crippen LogP contribution in [0.15, 0.2) is 37.2 Å². The average molecular weight is 476 g/mol. The lowest BCUT2D eigenvalue weighted by molar-refractivity contribution is 0.629. The predicted octanol–water partition coefficient (Wildman–Crippen LogP) is -0.491. The third-order valence-corrected chi connectivity index (χ3v) is 3.07. The molecule has 0 fully saturated rings. The fraction of sp³-hybridized carbons (Fsp3) is 0.529. The zero-order valence-corrected chi connectivity index (χ0v) is 21.1. The summed E-state index contributed by atoms with van der Waals surface area (Å²) in [6, 6.07) is 0. The molecule has 0 saturated heterocycles. The van der Waals surface area contributed by atoms with Gasteiger partial charge in [0.25, 0.3) is 0 Å². The minimum Gasteiger partial charge on any atom is -0.256 e. The van der Waals surface area contributed by atoms with Gasteiger partial charge in [0.05, 0.1) is 25.6 Å². The van der Waals surface area contributed by atoms with Crippen LogP contribution >= 0.6 is 0 Å². The van der Waals surface area contributed by atoms with E-state index in [9.17, 15) is 0 Å². The van der Waals surface area contributed by atoms with E-state index in [-0.39, 0.29) is 0 Å². The highest BCUT2D eigenvalue weighted by Gasteiger charge is 1.87. The monoisotopic (exact) mass is 475 g/mol. The molecule has 0 unspecified atom stereocenters. The Labute approximate surface area is 197 Å². The molecule has 5 heterocycles. The van der Waals surface area contributed by atoms with Gasteiger partial charge in [-0.15, -0.1) is 30.6 Å². The summed E-state index contributed by atoms with van der Waals surface area (Å²) >= 11 is 0. The van der Waals surface area contributed by atoms with Crippen molar-refractivity contribution in [3.8, 4) is 0 Å². The van der Waals surface area contributed by atoms with Crippen LogP contribution in [0.25, 0.3) is 0 Å². The van der Waals surface area contributed by atoms with E-state index in [1.807, 2.05) is 41.9 Å². The number of hydrogen-bond acceptors (Lipinski definition) is 12. The summed E-state index contributed by atoms with van der Waals surface area (Å²) in [5.41, 5.74) is 0. The first-order valence-corrected chi connectivity index (χ1v) is 10.1. The first kappa shape index (κ1) is 29.6. The number of aromatic nitrogens is 17. The number of tetrazole rings is 2. The minimum absolute atomic E-state index is 0.711. The van der Waals surface area contributed by atoms with E-state index in [4.69, 9.17) is 0 Å². The Morgan fingerprint density at radius 2 is 1.03 bits per heavy atom. The highest BCUT2D eigenvalue weighted by atomic mass is 15.6. The largest absolute Gasteiger partial charge is 0.256 e. The molecule has 0 atom stereocenters. The van der Waals surface area contributed by atoms with Gasteiger partial charge in [0.2, 0.25) is 0 Å². The second-order valence-corrected chi connectivity index (χ2v) is 5.91. The van der Waals surface area contributed by atoms with Crippen LogP contribution in [0, 0.1) is 13.8 Å². The number of rotatable bonds is 0. The summed E-state index contributed by atoms with van der Waals surface area (Å²) in [6.07, 6.45) is 10.2. The van der Waals surface area contributed by atoms with E-state index in [0.717, 1.165) is 5.82 Å². The van der Waals surface area contributed by atoms with Gasteiger partial charge in [-0.25, -0.2) is 4.68 Å². The average Bonchev–Trinajstić information content (AvgIpc) is 3.65. The maximum Gasteiger partial charge on any atom is 0.171 e. The van der Waals surface area contributed by atoms with Crippen LogP contribution in [0.3, 0.4) is 0 Å². The quantitative estimate of drug-likeness (QED) is 0.281. The van der Waals surface area contributed by atoms with Gasteiger partial charge in [0.15, 0.2) is 5.82 Å². The van der Waals surface area contributed by atoms with Gasteiger partial charge in [-0.05, 0) is 29.5 Å². The third-order valence-electron chi connectivity index (χ3n) is 3.07. The van der Waals surface area contributed by atoms with Gasteiger partial charge in [-0.2, -0.15) is 4.80 Å². The van der Waals surface area contributed by atoms with Crippen LogP contribution in [0.2, 0.25) is 0 Å². The van der Waals surface area contributed by atoms with Crippen molar-refractivity contribution in [3.63, 3.8) is 0 Å². The van der Waals surface area contributed by atoms with Crippen molar-refractivity contribution in [1.82, 2.24) is 85.4 Å². The van der Waals surface area contributed by atoms with Gasteiger partial charge < -0.3 is 0 Å². The van der Waals surface area contributed by atoms with Gasteiger partial charge in [-0.3, -0.25) is 14.0 Å². The van der Waals surface area contributed by atoms with Crippen LogP contribution in [-0.4, -0.2) is 85.4 Å². The topological polar surface area (TPSA) is 179 Å². The summed E-state index contributed by atoms with van der Waals surface area (Å²) in [5.74, 6) is 1.54. The summed E-state index contributed by atoms with van der Waals surface area (Å²) in [7, 11) is 9.02. The van der Waals surface area contributed by atoms with Gasteiger partial charge in [-0.1, -0.05) is 29.5 Å². The van der Waals surface area contributed by atoms with E-state index in [1.165, 1.54) is 4.80 Å². The van der Waals surface area contributed by atoms with Crippen molar-refractivity contribution in [2.24, 2.45) is 35.2 Å². The summed E-state index contributed by atoms with van der Waals surface area (Å²) in [4.78, 5) is 1.43. The van der Waals surface area contributed by atoms with Gasteiger partial charge >= 0.3 is 0 Å². The molecule has 0 aromatic carbocycles. The lowest BCUT2D eigenvalue weighted by atomic mass is 10.7. The van der Waals surface area contributed by atoms with Gasteiger partial charge in [0, 0.05) is 46.8 Å². The van der Waals surface area contributed by atoms with Crippen LogP contribution in [0.1, 0.15) is 25.5 Å². The third kappa shape index (κ3) is 15.4. The van der Waals surface area contributed by atoms with Crippen molar-refractivity contribution in [3.05, 3.63) is 48.8 Å². The van der Waals surface area contributed by atoms with E-state index < -0.39 is 0 Å². The predicted molar refractivity (Wildman–Crippen MR) is 121 cm³/mol. The van der Waals surface area contributed by atoms with Crippen molar-refractivity contribution < 1.29 is 0 Å². The van der Waals surface area contributed by atoms with E-state index >= 15 is 0 Å². The van der Waals surface area contributed by atoms with Crippen LogP contribution < -0.4 is 0 Å². The maximum atomic E-state index is 3.81. The smallest absolute Gasteiger partial charge is 0.171 e. The first-order valence-electron chi connectivity index (χ1n) is 10.1. The Hall–Kier alpha value is -4.44. The highest BCUT2D eigenvalue weighted by molar-refractivity contribution is 4.69. The Balaban J connectivity index is 0.000000394. The van der Waals surface area contributed by atoms with Crippen molar-refractivity contribution >= 4 is 0 Å². The first-order chi connectivity index (χ1) is 16.3. The van der Waals surface area contributed by atoms with Crippen molar-refractivity contribution in [2.45, 2.75) is 27.7 Å². The zero-order valence-electron chi connectivity index (χ0n) is 21.1. The molecular weight excluding hydrogens is 442 g/mol. The molecule has 5 aromatic heterocycles. The fourth-order valence-electron chi connectivity index (χ4n) is 1.46. The lowest BCUT2D eigenvalue weighted by Gasteiger charge is -1.81. The number of nitrogens with zero attached hydrogens (tertiary/aromatic N) is 17. The summed E-state index contributed by atoms with van der Waals surface area (Å²) < 4.78 is 6.53. The molecule has 34 heavy (non-hydrogen) atoms. The zero-order chi connectivity index (χ0) is 25.8. The molecule has 0 amide bonds. The fourth-order valence-corrected chi connectivity index (χ4v) is 1.46. The van der Waals surface area contributed by atoms with E-state index in [1.54, 1.807) is 76.9 Å². The number of hydrogen-bond donors (Lipinski definition) is 0. The molecular formula is C17H33N17. The van der Waals surface area contributed by atoms with Crippen LogP contribution in [-0.2, 0) is 35.2 Å². The Bertz CT molecular complexity index is 934. The molecule has 17 nitrogen and oxygen atoms in total. The molecule has 0 N–H and O–H groups in total. The molecule has 5 rings (SSSR count). The lowest BCUT2D eigenvalue weighted by Crippen LogP contribution is -1.92. The van der Waals surface area contributed by atoms with Crippen molar-refractivity contribution in [2.75, 3.05) is 0 Å².